The number of nitrogens with zero attached hydrogens (tertiary/aromatic N) is 2. The molecule has 2 N–H and O–H groups in total. The summed E-state index contributed by atoms with van der Waals surface area (Å²) in [5.41, 5.74) is 1.03. The number of rotatable bonds is 2. The van der Waals surface area contributed by atoms with E-state index in [4.69, 9.17) is 9.88 Å². The van der Waals surface area contributed by atoms with Crippen molar-refractivity contribution in [2.75, 3.05) is 26.2 Å². The molecule has 1 atom stereocenters. The predicted molar refractivity (Wildman–Crippen MR) is 75.8 cm³/mol. The van der Waals surface area contributed by atoms with Gasteiger partial charge in [-0.15, -0.1) is 0 Å². The van der Waals surface area contributed by atoms with E-state index in [-0.39, 0.29) is 19.0 Å². The molecule has 0 saturated carbocycles. The lowest BCUT2D eigenvalue weighted by atomic mass is 10.1. The van der Waals surface area contributed by atoms with Gasteiger partial charge in [-0.1, -0.05) is 18.2 Å². The maximum absolute atomic E-state index is 12.4. The zero-order valence-electron chi connectivity index (χ0n) is 11.4. The third kappa shape index (κ3) is 2.87. The van der Waals surface area contributed by atoms with Crippen LogP contribution in [0.3, 0.4) is 0 Å². The minimum absolute atomic E-state index is 0.0970. The smallest absolute Gasteiger partial charge is 0.277 e. The van der Waals surface area contributed by atoms with E-state index in [0.717, 1.165) is 11.3 Å². The van der Waals surface area contributed by atoms with E-state index < -0.39 is 16.3 Å². The summed E-state index contributed by atoms with van der Waals surface area (Å²) in [6, 6.07) is 7.58. The number of benzene rings is 1. The fourth-order valence-electron chi connectivity index (χ4n) is 2.69. The Morgan fingerprint density at radius 1 is 1.19 bits per heavy atom. The molecule has 2 heterocycles. The summed E-state index contributed by atoms with van der Waals surface area (Å²) >= 11 is 0. The van der Waals surface area contributed by atoms with Gasteiger partial charge < -0.3 is 9.64 Å². The summed E-state index contributed by atoms with van der Waals surface area (Å²) in [4.78, 5) is 14.1. The first-order valence-electron chi connectivity index (χ1n) is 6.76. The molecule has 1 aromatic carbocycles. The molecule has 2 aliphatic rings. The molecule has 1 amide bonds. The molecule has 3 rings (SSSR count). The van der Waals surface area contributed by atoms with Crippen LogP contribution in [0, 0.1) is 0 Å². The molecule has 0 aromatic heterocycles. The Morgan fingerprint density at radius 2 is 1.86 bits per heavy atom. The molecule has 2 aliphatic heterocycles. The maximum atomic E-state index is 12.4. The number of piperazine rings is 1. The highest BCUT2D eigenvalue weighted by atomic mass is 32.2. The first kappa shape index (κ1) is 14.3. The van der Waals surface area contributed by atoms with Crippen LogP contribution in [0.25, 0.3) is 0 Å². The van der Waals surface area contributed by atoms with Gasteiger partial charge in [-0.3, -0.25) is 4.79 Å². The molecule has 1 aromatic rings. The summed E-state index contributed by atoms with van der Waals surface area (Å²) in [6.45, 7) is 1.13. The summed E-state index contributed by atoms with van der Waals surface area (Å²) in [6.07, 6.45) is 0.0492. The van der Waals surface area contributed by atoms with Crippen molar-refractivity contribution in [3.8, 4) is 5.75 Å². The summed E-state index contributed by atoms with van der Waals surface area (Å²) in [5, 5.41) is 5.08. The fraction of sp³-hybridized carbons (Fsp3) is 0.462. The van der Waals surface area contributed by atoms with Crippen LogP contribution in [-0.4, -0.2) is 55.8 Å². The fourth-order valence-corrected chi connectivity index (χ4v) is 3.36. The summed E-state index contributed by atoms with van der Waals surface area (Å²) < 4.78 is 29.3. The lowest BCUT2D eigenvalue weighted by Gasteiger charge is -2.34. The van der Waals surface area contributed by atoms with Gasteiger partial charge in [-0.25, -0.2) is 5.14 Å². The van der Waals surface area contributed by atoms with Gasteiger partial charge in [0.1, 0.15) is 5.75 Å². The standard InChI is InChI=1S/C13H17N3O4S/c14-21(18,19)16-7-5-15(6-8-16)13(17)12-9-10-3-1-2-4-11(10)20-12/h1-4,12H,5-9H2,(H2,14,18,19). The van der Waals surface area contributed by atoms with Gasteiger partial charge in [0.05, 0.1) is 0 Å². The second-order valence-corrected chi connectivity index (χ2v) is 6.73. The Kier molecular flexibility index (Phi) is 3.60. The molecule has 1 fully saturated rings. The van der Waals surface area contributed by atoms with Crippen molar-refractivity contribution >= 4 is 16.1 Å². The van der Waals surface area contributed by atoms with Crippen LogP contribution < -0.4 is 9.88 Å². The van der Waals surface area contributed by atoms with Crippen molar-refractivity contribution in [1.29, 1.82) is 0 Å². The SMILES string of the molecule is NS(=O)(=O)N1CCN(C(=O)C2Cc3ccccc3O2)CC1. The molecule has 0 bridgehead atoms. The lowest BCUT2D eigenvalue weighted by Crippen LogP contribution is -2.54. The zero-order chi connectivity index (χ0) is 15.0. The first-order chi connectivity index (χ1) is 9.95. The van der Waals surface area contributed by atoms with Gasteiger partial charge in [0.2, 0.25) is 0 Å². The van der Waals surface area contributed by atoms with Crippen LogP contribution in [0.5, 0.6) is 5.75 Å². The van der Waals surface area contributed by atoms with Crippen LogP contribution in [0.4, 0.5) is 0 Å². The molecule has 0 spiro atoms. The number of ether oxygens (including phenoxy) is 1. The van der Waals surface area contributed by atoms with E-state index in [9.17, 15) is 13.2 Å². The van der Waals surface area contributed by atoms with Gasteiger partial charge in [-0.05, 0) is 11.6 Å². The quantitative estimate of drug-likeness (QED) is 0.784. The lowest BCUT2D eigenvalue weighted by molar-refractivity contribution is -0.139. The highest BCUT2D eigenvalue weighted by Crippen LogP contribution is 2.29. The van der Waals surface area contributed by atoms with Crippen LogP contribution in [0.2, 0.25) is 0 Å². The molecule has 8 heteroatoms. The van der Waals surface area contributed by atoms with Crippen molar-refractivity contribution < 1.29 is 17.9 Å². The Morgan fingerprint density at radius 3 is 2.48 bits per heavy atom. The van der Waals surface area contributed by atoms with E-state index in [2.05, 4.69) is 0 Å². The van der Waals surface area contributed by atoms with Crippen molar-refractivity contribution in [1.82, 2.24) is 9.21 Å². The van der Waals surface area contributed by atoms with Gasteiger partial charge in [0, 0.05) is 32.6 Å². The van der Waals surface area contributed by atoms with Gasteiger partial charge in [0.15, 0.2) is 6.10 Å². The number of nitrogens with two attached hydrogens (primary N) is 1. The van der Waals surface area contributed by atoms with Crippen LogP contribution in [-0.2, 0) is 21.4 Å². The second kappa shape index (κ2) is 5.28. The van der Waals surface area contributed by atoms with Crippen LogP contribution in [0.15, 0.2) is 24.3 Å². The first-order valence-corrected chi connectivity index (χ1v) is 8.27. The molecule has 7 nitrogen and oxygen atoms in total. The monoisotopic (exact) mass is 311 g/mol. The molecule has 0 aliphatic carbocycles. The van der Waals surface area contributed by atoms with E-state index in [1.807, 2.05) is 24.3 Å². The van der Waals surface area contributed by atoms with Crippen molar-refractivity contribution in [2.45, 2.75) is 12.5 Å². The molecule has 1 saturated heterocycles. The van der Waals surface area contributed by atoms with E-state index in [1.54, 1.807) is 4.90 Å². The van der Waals surface area contributed by atoms with Gasteiger partial charge in [-0.2, -0.15) is 12.7 Å². The average Bonchev–Trinajstić information content (AvgIpc) is 2.89. The van der Waals surface area contributed by atoms with Crippen molar-refractivity contribution in [3.05, 3.63) is 29.8 Å². The number of hydrogen-bond acceptors (Lipinski definition) is 4. The Labute approximate surface area is 123 Å². The number of hydrogen-bond donors (Lipinski definition) is 1. The van der Waals surface area contributed by atoms with Crippen LogP contribution >= 0.6 is 0 Å². The predicted octanol–water partition coefficient (Wildman–Crippen LogP) is -0.662. The Bertz CT molecular complexity index is 628. The van der Waals surface area contributed by atoms with Gasteiger partial charge in [0.25, 0.3) is 16.1 Å². The largest absolute Gasteiger partial charge is 0.480 e. The molecule has 114 valence electrons. The minimum atomic E-state index is -3.67. The number of amides is 1. The zero-order valence-corrected chi connectivity index (χ0v) is 12.3. The Hall–Kier alpha value is -1.64. The van der Waals surface area contributed by atoms with E-state index in [1.165, 1.54) is 4.31 Å². The summed E-state index contributed by atoms with van der Waals surface area (Å²) in [7, 11) is -3.67. The Balaban J connectivity index is 1.61. The normalized spacial score (nSPS) is 22.7. The third-order valence-corrected chi connectivity index (χ3v) is 4.92. The van der Waals surface area contributed by atoms with Crippen molar-refractivity contribution in [2.24, 2.45) is 5.14 Å². The van der Waals surface area contributed by atoms with Crippen LogP contribution in [0.1, 0.15) is 5.56 Å². The molecule has 1 unspecified atom stereocenters. The molecule has 0 radical (unpaired) electrons. The van der Waals surface area contributed by atoms with E-state index >= 15 is 0 Å². The second-order valence-electron chi connectivity index (χ2n) is 5.19. The highest BCUT2D eigenvalue weighted by Gasteiger charge is 2.34. The maximum Gasteiger partial charge on any atom is 0.277 e. The number of fused-ring (bicyclic) bond motifs is 1. The topological polar surface area (TPSA) is 92.9 Å². The summed E-state index contributed by atoms with van der Waals surface area (Å²) in [5.74, 6) is 0.652. The van der Waals surface area contributed by atoms with Gasteiger partial charge >= 0.3 is 0 Å². The number of carbonyl (C=O) groups is 1. The molecular weight excluding hydrogens is 294 g/mol. The third-order valence-electron chi connectivity index (χ3n) is 3.83. The minimum Gasteiger partial charge on any atom is -0.480 e. The molecular formula is C13H17N3O4S. The van der Waals surface area contributed by atoms with E-state index in [0.29, 0.717) is 19.5 Å². The molecule has 21 heavy (non-hydrogen) atoms. The van der Waals surface area contributed by atoms with Crippen molar-refractivity contribution in [3.63, 3.8) is 0 Å². The number of carbonyl (C=O) groups excluding carboxylic acids is 1. The average molecular weight is 311 g/mol. The highest BCUT2D eigenvalue weighted by molar-refractivity contribution is 7.86. The number of para-hydroxylation sites is 1.